The van der Waals surface area contributed by atoms with Crippen molar-refractivity contribution >= 4 is 40.6 Å². The number of para-hydroxylation sites is 2. The molecule has 1 aliphatic heterocycles. The lowest BCUT2D eigenvalue weighted by Crippen LogP contribution is -2.29. The second-order valence-electron chi connectivity index (χ2n) is 7.18. The Kier molecular flexibility index (Phi) is 5.91. The Labute approximate surface area is 187 Å². The molecular weight excluding hydrogens is 433 g/mol. The number of aryl methyl sites for hydroxylation is 1. The van der Waals surface area contributed by atoms with Gasteiger partial charge in [0.05, 0.1) is 16.4 Å². The monoisotopic (exact) mass is 451 g/mol. The molecule has 2 amide bonds. The van der Waals surface area contributed by atoms with Gasteiger partial charge >= 0.3 is 0 Å². The summed E-state index contributed by atoms with van der Waals surface area (Å²) in [4.78, 5) is 37.5. The molecule has 0 aromatic heterocycles. The molecule has 4 rings (SSSR count). The van der Waals surface area contributed by atoms with Gasteiger partial charge in [-0.25, -0.2) is 4.39 Å². The summed E-state index contributed by atoms with van der Waals surface area (Å²) in [6, 6.07) is 17.2. The van der Waals surface area contributed by atoms with Crippen molar-refractivity contribution in [3.63, 3.8) is 0 Å². The number of nitro groups is 1. The molecule has 1 aliphatic rings. The van der Waals surface area contributed by atoms with E-state index in [1.165, 1.54) is 40.9 Å². The van der Waals surface area contributed by atoms with Gasteiger partial charge in [-0.2, -0.15) is 0 Å². The molecule has 1 saturated heterocycles. The highest BCUT2D eigenvalue weighted by molar-refractivity contribution is 8.00. The molecule has 0 aliphatic carbocycles. The number of nitrogens with zero attached hydrogens (tertiary/aromatic N) is 2. The van der Waals surface area contributed by atoms with E-state index in [2.05, 4.69) is 5.32 Å². The largest absolute Gasteiger partial charge is 0.322 e. The molecule has 0 bridgehead atoms. The first-order valence-electron chi connectivity index (χ1n) is 9.70. The summed E-state index contributed by atoms with van der Waals surface area (Å²) in [7, 11) is 0. The Morgan fingerprint density at radius 2 is 1.88 bits per heavy atom. The van der Waals surface area contributed by atoms with Gasteiger partial charge in [-0.05, 0) is 31.2 Å². The van der Waals surface area contributed by atoms with Crippen molar-refractivity contribution in [2.24, 2.45) is 0 Å². The number of nitrogens with one attached hydrogen (secondary N) is 1. The molecule has 3 aromatic carbocycles. The third-order valence-corrected chi connectivity index (χ3v) is 6.32. The maximum Gasteiger partial charge on any atom is 0.273 e. The highest BCUT2D eigenvalue weighted by Gasteiger charge is 2.36. The van der Waals surface area contributed by atoms with Crippen molar-refractivity contribution in [2.75, 3.05) is 16.0 Å². The van der Waals surface area contributed by atoms with Gasteiger partial charge in [0.25, 0.3) is 11.6 Å². The Morgan fingerprint density at radius 3 is 2.62 bits per heavy atom. The standard InChI is InChI=1S/C23H18FN3O4S/c1-14-10-11-15(12-20(14)27(30)31)22(29)25-18-8-4-2-6-16(18)23-26(21(28)13-32-23)19-9-5-3-7-17(19)24/h2-12,23H,13H2,1H3,(H,25,29). The zero-order valence-corrected chi connectivity index (χ0v) is 17.8. The maximum atomic E-state index is 14.4. The molecule has 1 fully saturated rings. The zero-order chi connectivity index (χ0) is 22.8. The molecule has 0 radical (unpaired) electrons. The number of nitro benzene ring substituents is 1. The van der Waals surface area contributed by atoms with E-state index in [0.717, 1.165) is 0 Å². The first-order chi connectivity index (χ1) is 15.4. The van der Waals surface area contributed by atoms with E-state index in [1.54, 1.807) is 49.4 Å². The molecule has 7 nitrogen and oxygen atoms in total. The number of rotatable bonds is 5. The van der Waals surface area contributed by atoms with Crippen molar-refractivity contribution in [3.05, 3.63) is 99.4 Å². The summed E-state index contributed by atoms with van der Waals surface area (Å²) in [6.45, 7) is 1.60. The SMILES string of the molecule is Cc1ccc(C(=O)Nc2ccccc2C2SCC(=O)N2c2ccccc2F)cc1[N+](=O)[O-]. The normalized spacial score (nSPS) is 15.6. The summed E-state index contributed by atoms with van der Waals surface area (Å²) < 4.78 is 14.4. The van der Waals surface area contributed by atoms with E-state index in [9.17, 15) is 24.1 Å². The summed E-state index contributed by atoms with van der Waals surface area (Å²) >= 11 is 1.33. The van der Waals surface area contributed by atoms with Gasteiger partial charge in [-0.15, -0.1) is 11.8 Å². The molecule has 1 unspecified atom stereocenters. The average Bonchev–Trinajstić information content (AvgIpc) is 3.15. The number of hydrogen-bond acceptors (Lipinski definition) is 5. The van der Waals surface area contributed by atoms with Gasteiger partial charge in [-0.1, -0.05) is 36.4 Å². The van der Waals surface area contributed by atoms with Gasteiger partial charge in [0.15, 0.2) is 0 Å². The fraction of sp³-hybridized carbons (Fsp3) is 0.130. The topological polar surface area (TPSA) is 92.6 Å². The molecule has 9 heteroatoms. The molecule has 1 heterocycles. The number of hydrogen-bond donors (Lipinski definition) is 1. The molecule has 0 spiro atoms. The zero-order valence-electron chi connectivity index (χ0n) is 16.9. The fourth-order valence-electron chi connectivity index (χ4n) is 3.53. The fourth-order valence-corrected chi connectivity index (χ4v) is 4.73. The van der Waals surface area contributed by atoms with Crippen molar-refractivity contribution in [1.82, 2.24) is 0 Å². The number of carbonyl (C=O) groups excluding carboxylic acids is 2. The van der Waals surface area contributed by atoms with Gasteiger partial charge in [0, 0.05) is 28.4 Å². The molecule has 162 valence electrons. The summed E-state index contributed by atoms with van der Waals surface area (Å²) in [6.07, 6.45) is 0. The minimum absolute atomic E-state index is 0.137. The molecule has 0 saturated carbocycles. The summed E-state index contributed by atoms with van der Waals surface area (Å²) in [5.41, 5.74) is 1.68. The van der Waals surface area contributed by atoms with Crippen LogP contribution in [-0.4, -0.2) is 22.5 Å². The minimum atomic E-state index is -0.539. The van der Waals surface area contributed by atoms with Gasteiger partial charge in [0.1, 0.15) is 11.2 Å². The Bertz CT molecular complexity index is 1230. The van der Waals surface area contributed by atoms with Gasteiger partial charge in [0.2, 0.25) is 5.91 Å². The predicted molar refractivity (Wildman–Crippen MR) is 121 cm³/mol. The van der Waals surface area contributed by atoms with Crippen molar-refractivity contribution in [3.8, 4) is 0 Å². The van der Waals surface area contributed by atoms with Crippen LogP contribution in [0.15, 0.2) is 66.7 Å². The molecule has 1 N–H and O–H groups in total. The van der Waals surface area contributed by atoms with E-state index >= 15 is 0 Å². The van der Waals surface area contributed by atoms with E-state index in [1.807, 2.05) is 0 Å². The van der Waals surface area contributed by atoms with Crippen LogP contribution in [0.2, 0.25) is 0 Å². The van der Waals surface area contributed by atoms with Crippen LogP contribution in [0.25, 0.3) is 0 Å². The van der Waals surface area contributed by atoms with Crippen LogP contribution in [0.3, 0.4) is 0 Å². The maximum absolute atomic E-state index is 14.4. The van der Waals surface area contributed by atoms with Crippen LogP contribution >= 0.6 is 11.8 Å². The number of halogens is 1. The van der Waals surface area contributed by atoms with Crippen molar-refractivity contribution in [2.45, 2.75) is 12.3 Å². The van der Waals surface area contributed by atoms with Crippen LogP contribution in [0.1, 0.15) is 26.9 Å². The van der Waals surface area contributed by atoms with Crippen molar-refractivity contribution < 1.29 is 18.9 Å². The second kappa shape index (κ2) is 8.80. The van der Waals surface area contributed by atoms with E-state index in [0.29, 0.717) is 16.8 Å². The van der Waals surface area contributed by atoms with E-state index < -0.39 is 22.0 Å². The molecule has 3 aromatic rings. The summed E-state index contributed by atoms with van der Waals surface area (Å²) in [5.74, 6) is -1.10. The lowest BCUT2D eigenvalue weighted by atomic mass is 10.1. The Hall–Kier alpha value is -3.72. The lowest BCUT2D eigenvalue weighted by molar-refractivity contribution is -0.385. The molecule has 1 atom stereocenters. The van der Waals surface area contributed by atoms with Crippen LogP contribution < -0.4 is 10.2 Å². The van der Waals surface area contributed by atoms with Crippen LogP contribution in [0.4, 0.5) is 21.5 Å². The Balaban J connectivity index is 1.67. The second-order valence-corrected chi connectivity index (χ2v) is 8.25. The van der Waals surface area contributed by atoms with Crippen molar-refractivity contribution in [1.29, 1.82) is 0 Å². The van der Waals surface area contributed by atoms with Gasteiger partial charge < -0.3 is 5.32 Å². The summed E-state index contributed by atoms with van der Waals surface area (Å²) in [5, 5.41) is 13.5. The average molecular weight is 451 g/mol. The Morgan fingerprint density at radius 1 is 1.16 bits per heavy atom. The molecule has 32 heavy (non-hydrogen) atoms. The number of carbonyl (C=O) groups is 2. The van der Waals surface area contributed by atoms with Crippen LogP contribution in [0, 0.1) is 22.9 Å². The van der Waals surface area contributed by atoms with E-state index in [-0.39, 0.29) is 28.6 Å². The number of amides is 2. The first-order valence-corrected chi connectivity index (χ1v) is 10.7. The molecular formula is C23H18FN3O4S. The lowest BCUT2D eigenvalue weighted by Gasteiger charge is -2.26. The third kappa shape index (κ3) is 4.06. The van der Waals surface area contributed by atoms with E-state index in [4.69, 9.17) is 0 Å². The number of benzene rings is 3. The smallest absolute Gasteiger partial charge is 0.273 e. The predicted octanol–water partition coefficient (Wildman–Crippen LogP) is 5.07. The highest BCUT2D eigenvalue weighted by Crippen LogP contribution is 2.44. The van der Waals surface area contributed by atoms with Crippen LogP contribution in [-0.2, 0) is 4.79 Å². The number of thioether (sulfide) groups is 1. The number of anilines is 2. The first kappa shape index (κ1) is 21.5. The van der Waals surface area contributed by atoms with Crippen LogP contribution in [0.5, 0.6) is 0 Å². The quantitative estimate of drug-likeness (QED) is 0.432. The van der Waals surface area contributed by atoms with Gasteiger partial charge in [-0.3, -0.25) is 24.6 Å². The minimum Gasteiger partial charge on any atom is -0.322 e. The highest BCUT2D eigenvalue weighted by atomic mass is 32.2. The third-order valence-electron chi connectivity index (χ3n) is 5.12.